The first-order valence-corrected chi connectivity index (χ1v) is 8.85. The highest BCUT2D eigenvalue weighted by Crippen LogP contribution is 2.24. The van der Waals surface area contributed by atoms with Gasteiger partial charge in [0.25, 0.3) is 5.91 Å². The minimum Gasteiger partial charge on any atom is -0.324 e. The lowest BCUT2D eigenvalue weighted by Crippen LogP contribution is -2.48. The molecule has 0 bridgehead atoms. The first-order valence-electron chi connectivity index (χ1n) is 7.59. The van der Waals surface area contributed by atoms with E-state index in [0.717, 1.165) is 19.3 Å². The van der Waals surface area contributed by atoms with Gasteiger partial charge in [0.05, 0.1) is 10.6 Å². The summed E-state index contributed by atoms with van der Waals surface area (Å²) in [6, 6.07) is 10.1. The molecule has 4 nitrogen and oxygen atoms in total. The van der Waals surface area contributed by atoms with Crippen molar-refractivity contribution in [3.05, 3.63) is 51.7 Å². The SMILES string of the molecule is O=C(c1cccs1)N(C(=O)N1CCCCC1)c1ccc(Cl)cc1. The van der Waals surface area contributed by atoms with E-state index in [9.17, 15) is 9.59 Å². The van der Waals surface area contributed by atoms with Gasteiger partial charge in [0.1, 0.15) is 0 Å². The van der Waals surface area contributed by atoms with Crippen LogP contribution < -0.4 is 4.90 Å². The number of hydrogen-bond acceptors (Lipinski definition) is 3. The second-order valence-electron chi connectivity index (χ2n) is 5.42. The quantitative estimate of drug-likeness (QED) is 0.792. The van der Waals surface area contributed by atoms with E-state index in [1.807, 2.05) is 11.4 Å². The van der Waals surface area contributed by atoms with Gasteiger partial charge in [0, 0.05) is 18.1 Å². The van der Waals surface area contributed by atoms with E-state index < -0.39 is 0 Å². The molecule has 0 unspecified atom stereocenters. The zero-order valence-corrected chi connectivity index (χ0v) is 14.1. The molecule has 1 aromatic carbocycles. The topological polar surface area (TPSA) is 40.6 Å². The minimum absolute atomic E-state index is 0.259. The van der Waals surface area contributed by atoms with Gasteiger partial charge in [-0.1, -0.05) is 17.7 Å². The van der Waals surface area contributed by atoms with Crippen LogP contribution in [-0.2, 0) is 0 Å². The lowest BCUT2D eigenvalue weighted by molar-refractivity contribution is 0.0987. The predicted molar refractivity (Wildman–Crippen MR) is 93.4 cm³/mol. The summed E-state index contributed by atoms with van der Waals surface area (Å²) in [4.78, 5) is 29.3. The van der Waals surface area contributed by atoms with Crippen LogP contribution in [0.2, 0.25) is 5.02 Å². The number of carbonyl (C=O) groups excluding carboxylic acids is 2. The Kier molecular flexibility index (Phi) is 4.98. The van der Waals surface area contributed by atoms with Crippen molar-refractivity contribution < 1.29 is 9.59 Å². The van der Waals surface area contributed by atoms with Crippen molar-refractivity contribution in [2.24, 2.45) is 0 Å². The molecule has 1 fully saturated rings. The van der Waals surface area contributed by atoms with Gasteiger partial charge in [0.2, 0.25) is 0 Å². The van der Waals surface area contributed by atoms with Crippen molar-refractivity contribution in [3.8, 4) is 0 Å². The molecule has 0 spiro atoms. The van der Waals surface area contributed by atoms with Gasteiger partial charge >= 0.3 is 6.03 Å². The predicted octanol–water partition coefficient (Wildman–Crippen LogP) is 4.65. The number of thiophene rings is 1. The second-order valence-corrected chi connectivity index (χ2v) is 6.81. The fourth-order valence-corrected chi connectivity index (χ4v) is 3.42. The van der Waals surface area contributed by atoms with E-state index in [0.29, 0.717) is 28.7 Å². The average molecular weight is 349 g/mol. The van der Waals surface area contributed by atoms with E-state index in [4.69, 9.17) is 11.6 Å². The fourth-order valence-electron chi connectivity index (χ4n) is 2.64. The number of piperidine rings is 1. The summed E-state index contributed by atoms with van der Waals surface area (Å²) in [5.41, 5.74) is 0.545. The molecule has 0 atom stereocenters. The van der Waals surface area contributed by atoms with E-state index in [2.05, 4.69) is 0 Å². The highest BCUT2D eigenvalue weighted by molar-refractivity contribution is 7.12. The first kappa shape index (κ1) is 16.0. The number of imide groups is 1. The number of rotatable bonds is 2. The number of nitrogens with zero attached hydrogens (tertiary/aromatic N) is 2. The molecule has 2 aromatic rings. The summed E-state index contributed by atoms with van der Waals surface area (Å²) in [6.45, 7) is 1.39. The molecular formula is C17H17ClN2O2S. The average Bonchev–Trinajstić information content (AvgIpc) is 3.12. The van der Waals surface area contributed by atoms with Crippen molar-refractivity contribution in [2.75, 3.05) is 18.0 Å². The van der Waals surface area contributed by atoms with Crippen LogP contribution in [0, 0.1) is 0 Å². The lowest BCUT2D eigenvalue weighted by atomic mass is 10.1. The summed E-state index contributed by atoms with van der Waals surface area (Å²) >= 11 is 7.26. The molecule has 1 aliphatic heterocycles. The summed E-state index contributed by atoms with van der Waals surface area (Å²) in [6.07, 6.45) is 3.09. The molecule has 0 radical (unpaired) electrons. The first-order chi connectivity index (χ1) is 11.2. The van der Waals surface area contributed by atoms with Crippen molar-refractivity contribution in [3.63, 3.8) is 0 Å². The van der Waals surface area contributed by atoms with Crippen molar-refractivity contribution in [1.29, 1.82) is 0 Å². The Labute approximate surface area is 144 Å². The Morgan fingerprint density at radius 3 is 2.35 bits per heavy atom. The third-order valence-electron chi connectivity index (χ3n) is 3.84. The monoisotopic (exact) mass is 348 g/mol. The standard InChI is InChI=1S/C17H17ClN2O2S/c18-13-6-8-14(9-7-13)20(16(21)15-5-4-12-23-15)17(22)19-10-2-1-3-11-19/h4-9,12H,1-3,10-11H2. The summed E-state index contributed by atoms with van der Waals surface area (Å²) in [5.74, 6) is -0.294. The molecule has 3 rings (SSSR count). The molecule has 6 heteroatoms. The third kappa shape index (κ3) is 3.57. The van der Waals surface area contributed by atoms with Crippen LogP contribution in [0.5, 0.6) is 0 Å². The number of amides is 3. The van der Waals surface area contributed by atoms with Crippen LogP contribution >= 0.6 is 22.9 Å². The Hall–Kier alpha value is -1.85. The molecule has 1 aromatic heterocycles. The van der Waals surface area contributed by atoms with Crippen LogP contribution in [-0.4, -0.2) is 29.9 Å². The van der Waals surface area contributed by atoms with Gasteiger partial charge in [-0.25, -0.2) is 9.69 Å². The summed E-state index contributed by atoms with van der Waals surface area (Å²) in [5, 5.41) is 2.40. The second kappa shape index (κ2) is 7.15. The number of likely N-dealkylation sites (tertiary alicyclic amines) is 1. The maximum atomic E-state index is 12.9. The van der Waals surface area contributed by atoms with Gasteiger partial charge < -0.3 is 4.90 Å². The van der Waals surface area contributed by atoms with Crippen molar-refractivity contribution >= 4 is 40.6 Å². The lowest BCUT2D eigenvalue weighted by Gasteiger charge is -2.31. The maximum absolute atomic E-state index is 12.9. The zero-order valence-electron chi connectivity index (χ0n) is 12.6. The van der Waals surface area contributed by atoms with Crippen molar-refractivity contribution in [2.45, 2.75) is 19.3 Å². The molecular weight excluding hydrogens is 332 g/mol. The normalized spacial score (nSPS) is 14.6. The van der Waals surface area contributed by atoms with Gasteiger partial charge in [-0.15, -0.1) is 11.3 Å². The number of anilines is 1. The smallest absolute Gasteiger partial charge is 0.324 e. The molecule has 1 aliphatic rings. The molecule has 2 heterocycles. The number of benzene rings is 1. The van der Waals surface area contributed by atoms with Gasteiger partial charge in [-0.2, -0.15) is 0 Å². The van der Waals surface area contributed by atoms with E-state index in [1.165, 1.54) is 16.2 Å². The number of urea groups is 1. The summed E-state index contributed by atoms with van der Waals surface area (Å²) in [7, 11) is 0. The van der Waals surface area contributed by atoms with Crippen molar-refractivity contribution in [1.82, 2.24) is 4.90 Å². The van der Waals surface area contributed by atoms with Gasteiger partial charge in [-0.3, -0.25) is 4.79 Å². The van der Waals surface area contributed by atoms with Crippen LogP contribution in [0.15, 0.2) is 41.8 Å². The Balaban J connectivity index is 1.93. The molecule has 0 N–H and O–H groups in total. The van der Waals surface area contributed by atoms with E-state index in [-0.39, 0.29) is 11.9 Å². The minimum atomic E-state index is -0.294. The summed E-state index contributed by atoms with van der Waals surface area (Å²) < 4.78 is 0. The van der Waals surface area contributed by atoms with Gasteiger partial charge in [0.15, 0.2) is 0 Å². The van der Waals surface area contributed by atoms with Crippen LogP contribution in [0.25, 0.3) is 0 Å². The third-order valence-corrected chi connectivity index (χ3v) is 4.95. The van der Waals surface area contributed by atoms with E-state index >= 15 is 0 Å². The molecule has 1 saturated heterocycles. The maximum Gasteiger partial charge on any atom is 0.331 e. The van der Waals surface area contributed by atoms with Gasteiger partial charge in [-0.05, 0) is 55.0 Å². The molecule has 120 valence electrons. The van der Waals surface area contributed by atoms with Crippen LogP contribution in [0.3, 0.4) is 0 Å². The number of hydrogen-bond donors (Lipinski definition) is 0. The Bertz CT molecular complexity index is 679. The Morgan fingerprint density at radius 2 is 1.74 bits per heavy atom. The number of halogens is 1. The number of carbonyl (C=O) groups is 2. The molecule has 0 aliphatic carbocycles. The highest BCUT2D eigenvalue weighted by Gasteiger charge is 2.30. The molecule has 0 saturated carbocycles. The van der Waals surface area contributed by atoms with Crippen LogP contribution in [0.1, 0.15) is 28.9 Å². The molecule has 23 heavy (non-hydrogen) atoms. The Morgan fingerprint density at radius 1 is 1.04 bits per heavy atom. The largest absolute Gasteiger partial charge is 0.331 e. The van der Waals surface area contributed by atoms with E-state index in [1.54, 1.807) is 35.2 Å². The fraction of sp³-hybridized carbons (Fsp3) is 0.294. The van der Waals surface area contributed by atoms with Crippen LogP contribution in [0.4, 0.5) is 10.5 Å². The zero-order chi connectivity index (χ0) is 16.2. The molecule has 3 amide bonds. The highest BCUT2D eigenvalue weighted by atomic mass is 35.5.